The summed E-state index contributed by atoms with van der Waals surface area (Å²) >= 11 is 0. The van der Waals surface area contributed by atoms with Gasteiger partial charge in [0.1, 0.15) is 0 Å². The lowest BCUT2D eigenvalue weighted by atomic mass is 9.79. The molecule has 1 aromatic carbocycles. The van der Waals surface area contributed by atoms with Crippen molar-refractivity contribution in [3.8, 4) is 0 Å². The SMILES string of the molecule is CC(C)(C)[C@H]1c2[nH]c3ccccc3c2CCN1Cc1cccnc1. The molecule has 3 heterocycles. The molecule has 24 heavy (non-hydrogen) atoms. The summed E-state index contributed by atoms with van der Waals surface area (Å²) in [7, 11) is 0. The molecule has 0 saturated carbocycles. The van der Waals surface area contributed by atoms with Crippen LogP contribution in [0.15, 0.2) is 48.8 Å². The Morgan fingerprint density at radius 1 is 1.17 bits per heavy atom. The van der Waals surface area contributed by atoms with Gasteiger partial charge in [0.15, 0.2) is 0 Å². The summed E-state index contributed by atoms with van der Waals surface area (Å²) in [5.74, 6) is 0. The van der Waals surface area contributed by atoms with Crippen LogP contribution >= 0.6 is 0 Å². The maximum absolute atomic E-state index is 4.28. The molecular weight excluding hydrogens is 294 g/mol. The van der Waals surface area contributed by atoms with Crippen molar-refractivity contribution in [1.82, 2.24) is 14.9 Å². The number of rotatable bonds is 2. The smallest absolute Gasteiger partial charge is 0.0553 e. The van der Waals surface area contributed by atoms with Crippen molar-refractivity contribution in [2.75, 3.05) is 6.54 Å². The van der Waals surface area contributed by atoms with Crippen LogP contribution in [0.2, 0.25) is 0 Å². The Morgan fingerprint density at radius 3 is 2.75 bits per heavy atom. The fourth-order valence-electron chi connectivity index (χ4n) is 4.17. The quantitative estimate of drug-likeness (QED) is 0.742. The summed E-state index contributed by atoms with van der Waals surface area (Å²) in [5, 5.41) is 1.39. The Labute approximate surface area is 143 Å². The molecule has 3 aromatic rings. The number of fused-ring (bicyclic) bond motifs is 3. The highest BCUT2D eigenvalue weighted by atomic mass is 15.2. The number of aromatic nitrogens is 2. The summed E-state index contributed by atoms with van der Waals surface area (Å²) in [6.07, 6.45) is 4.93. The molecule has 3 heteroatoms. The van der Waals surface area contributed by atoms with Crippen LogP contribution < -0.4 is 0 Å². The monoisotopic (exact) mass is 319 g/mol. The first-order valence-corrected chi connectivity index (χ1v) is 8.76. The molecule has 4 rings (SSSR count). The minimum absolute atomic E-state index is 0.165. The largest absolute Gasteiger partial charge is 0.357 e. The van der Waals surface area contributed by atoms with E-state index in [9.17, 15) is 0 Å². The average Bonchev–Trinajstić information content (AvgIpc) is 2.92. The van der Waals surface area contributed by atoms with E-state index < -0.39 is 0 Å². The zero-order chi connectivity index (χ0) is 16.7. The van der Waals surface area contributed by atoms with Crippen molar-refractivity contribution in [2.24, 2.45) is 5.41 Å². The second-order valence-corrected chi connectivity index (χ2v) is 7.91. The minimum atomic E-state index is 0.165. The Kier molecular flexibility index (Phi) is 3.69. The average molecular weight is 319 g/mol. The molecule has 0 radical (unpaired) electrons. The highest BCUT2D eigenvalue weighted by Gasteiger charge is 2.37. The molecule has 0 bridgehead atoms. The molecule has 1 aliphatic heterocycles. The number of nitrogens with one attached hydrogen (secondary N) is 1. The maximum atomic E-state index is 4.28. The number of H-pyrrole nitrogens is 1. The van der Waals surface area contributed by atoms with E-state index in [0.29, 0.717) is 6.04 Å². The van der Waals surface area contributed by atoms with Crippen LogP contribution in [0, 0.1) is 5.41 Å². The van der Waals surface area contributed by atoms with E-state index in [1.54, 1.807) is 0 Å². The molecule has 0 amide bonds. The molecule has 0 aliphatic carbocycles. The van der Waals surface area contributed by atoms with Crippen LogP contribution in [0.5, 0.6) is 0 Å². The molecule has 0 spiro atoms. The van der Waals surface area contributed by atoms with E-state index in [4.69, 9.17) is 0 Å². The summed E-state index contributed by atoms with van der Waals surface area (Å²) in [4.78, 5) is 10.6. The van der Waals surface area contributed by atoms with Gasteiger partial charge >= 0.3 is 0 Å². The first-order valence-electron chi connectivity index (χ1n) is 8.76. The number of benzene rings is 1. The van der Waals surface area contributed by atoms with Crippen LogP contribution in [0.1, 0.15) is 43.6 Å². The van der Waals surface area contributed by atoms with Gasteiger partial charge in [-0.2, -0.15) is 0 Å². The topological polar surface area (TPSA) is 31.9 Å². The van der Waals surface area contributed by atoms with E-state index in [2.05, 4.69) is 66.0 Å². The molecule has 0 fully saturated rings. The van der Waals surface area contributed by atoms with E-state index in [-0.39, 0.29) is 5.41 Å². The second-order valence-electron chi connectivity index (χ2n) is 7.91. The normalized spacial score (nSPS) is 18.7. The third kappa shape index (κ3) is 2.63. The van der Waals surface area contributed by atoms with Crippen LogP contribution in [-0.2, 0) is 13.0 Å². The summed E-state index contributed by atoms with van der Waals surface area (Å²) in [6, 6.07) is 13.3. The van der Waals surface area contributed by atoms with Gasteiger partial charge in [0, 0.05) is 42.1 Å². The van der Waals surface area contributed by atoms with Crippen LogP contribution in [0.3, 0.4) is 0 Å². The Morgan fingerprint density at radius 2 is 2.00 bits per heavy atom. The van der Waals surface area contributed by atoms with E-state index in [0.717, 1.165) is 19.5 Å². The molecule has 124 valence electrons. The van der Waals surface area contributed by atoms with E-state index in [1.807, 2.05) is 18.5 Å². The van der Waals surface area contributed by atoms with Gasteiger partial charge in [0.05, 0.1) is 6.04 Å². The molecule has 0 saturated heterocycles. The fraction of sp³-hybridized carbons (Fsp3) is 0.381. The molecule has 2 aromatic heterocycles. The molecule has 1 N–H and O–H groups in total. The van der Waals surface area contributed by atoms with Crippen LogP contribution in [0.4, 0.5) is 0 Å². The first-order chi connectivity index (χ1) is 11.5. The molecule has 1 atom stereocenters. The van der Waals surface area contributed by atoms with Crippen molar-refractivity contribution in [3.63, 3.8) is 0 Å². The van der Waals surface area contributed by atoms with Crippen molar-refractivity contribution < 1.29 is 0 Å². The lowest BCUT2D eigenvalue weighted by Crippen LogP contribution is -2.41. The lowest BCUT2D eigenvalue weighted by Gasteiger charge is -2.43. The molecular formula is C21H25N3. The van der Waals surface area contributed by atoms with Gasteiger partial charge in [0.2, 0.25) is 0 Å². The molecule has 3 nitrogen and oxygen atoms in total. The first kappa shape index (κ1) is 15.4. The third-order valence-electron chi connectivity index (χ3n) is 5.06. The van der Waals surface area contributed by atoms with Gasteiger partial charge in [-0.3, -0.25) is 9.88 Å². The number of para-hydroxylation sites is 1. The van der Waals surface area contributed by atoms with Gasteiger partial charge in [0.25, 0.3) is 0 Å². The summed E-state index contributed by atoms with van der Waals surface area (Å²) in [5.41, 5.74) is 5.62. The van der Waals surface area contributed by atoms with Crippen molar-refractivity contribution >= 4 is 10.9 Å². The van der Waals surface area contributed by atoms with Gasteiger partial charge in [-0.15, -0.1) is 0 Å². The second kappa shape index (κ2) is 5.75. The van der Waals surface area contributed by atoms with E-state index in [1.165, 1.54) is 27.7 Å². The standard InChI is InChI=1S/C21H25N3/c1-21(2,3)20-19-17(16-8-4-5-9-18(16)23-19)10-12-24(20)14-15-7-6-11-22-13-15/h4-9,11,13,20,23H,10,12,14H2,1-3H3/t20-/m1/s1. The number of hydrogen-bond acceptors (Lipinski definition) is 2. The van der Waals surface area contributed by atoms with Crippen molar-refractivity contribution in [2.45, 2.75) is 39.8 Å². The lowest BCUT2D eigenvalue weighted by molar-refractivity contribution is 0.0792. The third-order valence-corrected chi connectivity index (χ3v) is 5.06. The minimum Gasteiger partial charge on any atom is -0.357 e. The highest BCUT2D eigenvalue weighted by molar-refractivity contribution is 5.85. The van der Waals surface area contributed by atoms with E-state index >= 15 is 0 Å². The predicted octanol–water partition coefficient (Wildman–Crippen LogP) is 4.71. The highest BCUT2D eigenvalue weighted by Crippen LogP contribution is 2.44. The molecule has 0 unspecified atom stereocenters. The summed E-state index contributed by atoms with van der Waals surface area (Å²) < 4.78 is 0. The van der Waals surface area contributed by atoms with Gasteiger partial charge < -0.3 is 4.98 Å². The summed E-state index contributed by atoms with van der Waals surface area (Å²) in [6.45, 7) is 9.06. The van der Waals surface area contributed by atoms with Crippen LogP contribution in [-0.4, -0.2) is 21.4 Å². The fourth-order valence-corrected chi connectivity index (χ4v) is 4.17. The van der Waals surface area contributed by atoms with Gasteiger partial charge in [-0.1, -0.05) is 45.0 Å². The maximum Gasteiger partial charge on any atom is 0.0553 e. The number of pyridine rings is 1. The Balaban J connectivity index is 1.77. The predicted molar refractivity (Wildman–Crippen MR) is 98.8 cm³/mol. The van der Waals surface area contributed by atoms with Crippen molar-refractivity contribution in [1.29, 1.82) is 0 Å². The Hall–Kier alpha value is -2.13. The number of nitrogens with zero attached hydrogens (tertiary/aromatic N) is 2. The number of aromatic amines is 1. The zero-order valence-electron chi connectivity index (χ0n) is 14.7. The van der Waals surface area contributed by atoms with Crippen LogP contribution in [0.25, 0.3) is 10.9 Å². The molecule has 1 aliphatic rings. The van der Waals surface area contributed by atoms with Crippen molar-refractivity contribution in [3.05, 3.63) is 65.6 Å². The van der Waals surface area contributed by atoms with Gasteiger partial charge in [-0.05, 0) is 35.1 Å². The van der Waals surface area contributed by atoms with Gasteiger partial charge in [-0.25, -0.2) is 0 Å². The number of hydrogen-bond donors (Lipinski definition) is 1. The zero-order valence-corrected chi connectivity index (χ0v) is 14.7. The Bertz CT molecular complexity index is 842.